The van der Waals surface area contributed by atoms with Crippen LogP contribution in [0.15, 0.2) is 24.3 Å². The van der Waals surface area contributed by atoms with Gasteiger partial charge >= 0.3 is 11.9 Å². The fourth-order valence-corrected chi connectivity index (χ4v) is 4.12. The van der Waals surface area contributed by atoms with E-state index in [1.807, 2.05) is 19.1 Å². The highest BCUT2D eigenvalue weighted by molar-refractivity contribution is 7.64. The predicted molar refractivity (Wildman–Crippen MR) is 72.1 cm³/mol. The van der Waals surface area contributed by atoms with Crippen LogP contribution in [0.25, 0.3) is 0 Å². The lowest BCUT2D eigenvalue weighted by Crippen LogP contribution is -2.13. The first-order valence-corrected chi connectivity index (χ1v) is 8.19. The summed E-state index contributed by atoms with van der Waals surface area (Å²) in [5, 5.41) is 17.6. The Morgan fingerprint density at radius 1 is 1.11 bits per heavy atom. The fourth-order valence-electron chi connectivity index (χ4n) is 1.94. The molecule has 0 spiro atoms. The maximum absolute atomic E-state index is 12.4. The van der Waals surface area contributed by atoms with Gasteiger partial charge in [0.25, 0.3) is 0 Å². The van der Waals surface area contributed by atoms with Crippen molar-refractivity contribution in [1.29, 1.82) is 0 Å². The van der Waals surface area contributed by atoms with E-state index in [9.17, 15) is 14.2 Å². The van der Waals surface area contributed by atoms with Crippen LogP contribution in [0.1, 0.15) is 18.1 Å². The van der Waals surface area contributed by atoms with E-state index in [1.165, 1.54) is 0 Å². The molecule has 6 heteroatoms. The first kappa shape index (κ1) is 15.4. The number of rotatable bonds is 7. The number of aryl methyl sites for hydroxylation is 1. The molecule has 104 valence electrons. The summed E-state index contributed by atoms with van der Waals surface area (Å²) in [5.74, 6) is -2.45. The van der Waals surface area contributed by atoms with Gasteiger partial charge in [0.15, 0.2) is 0 Å². The summed E-state index contributed by atoms with van der Waals surface area (Å²) in [7, 11) is -3.28. The van der Waals surface area contributed by atoms with Crippen LogP contribution >= 0.6 is 7.14 Å². The summed E-state index contributed by atoms with van der Waals surface area (Å²) in [5.41, 5.74) is 1.78. The van der Waals surface area contributed by atoms with Crippen LogP contribution < -0.4 is 0 Å². The third-order valence-electron chi connectivity index (χ3n) is 2.72. The molecule has 0 amide bonds. The Morgan fingerprint density at radius 3 is 2.11 bits per heavy atom. The van der Waals surface area contributed by atoms with E-state index in [2.05, 4.69) is 0 Å². The van der Waals surface area contributed by atoms with Crippen LogP contribution in [0.2, 0.25) is 0 Å². The normalized spacial score (nSPS) is 11.2. The van der Waals surface area contributed by atoms with Gasteiger partial charge in [0.1, 0.15) is 7.14 Å². The molecule has 0 aliphatic rings. The van der Waals surface area contributed by atoms with Crippen molar-refractivity contribution in [1.82, 2.24) is 0 Å². The number of carboxylic acids is 2. The van der Waals surface area contributed by atoms with Gasteiger partial charge in [0, 0.05) is 6.16 Å². The summed E-state index contributed by atoms with van der Waals surface area (Å²) in [6.07, 6.45) is -0.346. The second kappa shape index (κ2) is 6.53. The Morgan fingerprint density at radius 2 is 1.63 bits per heavy atom. The molecule has 19 heavy (non-hydrogen) atoms. The third kappa shape index (κ3) is 5.26. The zero-order valence-corrected chi connectivity index (χ0v) is 11.6. The van der Waals surface area contributed by atoms with E-state index >= 15 is 0 Å². The average molecular weight is 284 g/mol. The maximum atomic E-state index is 12.4. The molecule has 0 saturated carbocycles. The van der Waals surface area contributed by atoms with Gasteiger partial charge in [-0.3, -0.25) is 9.59 Å². The predicted octanol–water partition coefficient (Wildman–Crippen LogP) is 2.28. The molecule has 1 aromatic rings. The van der Waals surface area contributed by atoms with Crippen LogP contribution in [-0.4, -0.2) is 34.5 Å². The van der Waals surface area contributed by atoms with E-state index < -0.39 is 31.4 Å². The van der Waals surface area contributed by atoms with Crippen molar-refractivity contribution in [3.05, 3.63) is 35.4 Å². The first-order chi connectivity index (χ1) is 8.84. The molecule has 0 saturated heterocycles. The maximum Gasteiger partial charge on any atom is 0.310 e. The van der Waals surface area contributed by atoms with E-state index in [0.29, 0.717) is 0 Å². The van der Waals surface area contributed by atoms with Crippen LogP contribution in [0.3, 0.4) is 0 Å². The van der Waals surface area contributed by atoms with E-state index in [4.69, 9.17) is 10.2 Å². The van der Waals surface area contributed by atoms with Crippen molar-refractivity contribution < 1.29 is 24.4 Å². The molecular formula is C13H17O5P. The monoisotopic (exact) mass is 284 g/mol. The number of hydrogen-bond acceptors (Lipinski definition) is 3. The number of hydrogen-bond donors (Lipinski definition) is 2. The topological polar surface area (TPSA) is 91.7 Å². The Labute approximate surface area is 111 Å². The Hall–Kier alpha value is -1.61. The van der Waals surface area contributed by atoms with Crippen LogP contribution in [0.4, 0.5) is 0 Å². The number of carbonyl (C=O) groups is 2. The minimum absolute atomic E-state index is 0.0133. The summed E-state index contributed by atoms with van der Waals surface area (Å²) in [6, 6.07) is 7.31. The lowest BCUT2D eigenvalue weighted by Gasteiger charge is -2.14. The summed E-state index contributed by atoms with van der Waals surface area (Å²) < 4.78 is 12.4. The molecule has 1 rings (SSSR count). The number of benzene rings is 1. The van der Waals surface area contributed by atoms with Crippen molar-refractivity contribution in [3.63, 3.8) is 0 Å². The van der Waals surface area contributed by atoms with Gasteiger partial charge in [-0.2, -0.15) is 0 Å². The van der Waals surface area contributed by atoms with Crippen LogP contribution in [-0.2, 0) is 26.7 Å². The molecule has 0 aliphatic carbocycles. The van der Waals surface area contributed by atoms with Gasteiger partial charge in [-0.25, -0.2) is 0 Å². The average Bonchev–Trinajstić information content (AvgIpc) is 2.26. The molecule has 5 nitrogen and oxygen atoms in total. The van der Waals surface area contributed by atoms with Crippen molar-refractivity contribution in [2.75, 3.05) is 12.3 Å². The molecular weight excluding hydrogens is 267 g/mol. The standard InChI is InChI=1S/C13H17O5P/c1-2-10-4-3-5-11(6-10)7-19(18,8-12(14)15)9-13(16)17/h3-6H,2,7-9H2,1H3,(H,14,15)(H,16,17). The molecule has 0 heterocycles. The molecule has 0 aromatic heterocycles. The first-order valence-electron chi connectivity index (χ1n) is 5.93. The quantitative estimate of drug-likeness (QED) is 0.749. The third-order valence-corrected chi connectivity index (χ3v) is 5.35. The summed E-state index contributed by atoms with van der Waals surface area (Å²) >= 11 is 0. The smallest absolute Gasteiger partial charge is 0.310 e. The zero-order valence-electron chi connectivity index (χ0n) is 10.7. The molecule has 0 bridgehead atoms. The van der Waals surface area contributed by atoms with Gasteiger partial charge in [0.05, 0.1) is 12.3 Å². The lowest BCUT2D eigenvalue weighted by atomic mass is 10.1. The second-order valence-electron chi connectivity index (χ2n) is 4.49. The van der Waals surface area contributed by atoms with Crippen LogP contribution in [0, 0.1) is 0 Å². The van der Waals surface area contributed by atoms with Gasteiger partial charge in [-0.05, 0) is 17.5 Å². The van der Waals surface area contributed by atoms with Gasteiger partial charge < -0.3 is 14.8 Å². The van der Waals surface area contributed by atoms with E-state index in [0.717, 1.165) is 17.5 Å². The molecule has 0 aliphatic heterocycles. The van der Waals surface area contributed by atoms with Gasteiger partial charge in [0.2, 0.25) is 0 Å². The van der Waals surface area contributed by atoms with Gasteiger partial charge in [-0.15, -0.1) is 0 Å². The second-order valence-corrected chi connectivity index (χ2v) is 7.56. The highest BCUT2D eigenvalue weighted by Gasteiger charge is 2.29. The molecule has 0 fully saturated rings. The van der Waals surface area contributed by atoms with E-state index in [-0.39, 0.29) is 6.16 Å². The number of carboxylic acid groups (broad SMARTS) is 2. The molecule has 0 radical (unpaired) electrons. The SMILES string of the molecule is CCc1cccc(CP(=O)(CC(=O)O)CC(=O)O)c1. The highest BCUT2D eigenvalue weighted by Crippen LogP contribution is 2.48. The van der Waals surface area contributed by atoms with Crippen molar-refractivity contribution in [2.45, 2.75) is 19.5 Å². The fraction of sp³-hybridized carbons (Fsp3) is 0.385. The van der Waals surface area contributed by atoms with Crippen LogP contribution in [0.5, 0.6) is 0 Å². The minimum atomic E-state index is -3.28. The van der Waals surface area contributed by atoms with Crippen molar-refractivity contribution in [2.24, 2.45) is 0 Å². The largest absolute Gasteiger partial charge is 0.481 e. The van der Waals surface area contributed by atoms with Crippen molar-refractivity contribution >= 4 is 19.1 Å². The van der Waals surface area contributed by atoms with E-state index in [1.54, 1.807) is 12.1 Å². The Kier molecular flexibility index (Phi) is 5.31. The lowest BCUT2D eigenvalue weighted by molar-refractivity contribution is -0.134. The molecule has 1 aromatic carbocycles. The highest BCUT2D eigenvalue weighted by atomic mass is 31.2. The summed E-state index contributed by atoms with van der Waals surface area (Å²) in [4.78, 5) is 21.5. The van der Waals surface area contributed by atoms with Crippen molar-refractivity contribution in [3.8, 4) is 0 Å². The Balaban J connectivity index is 2.96. The number of aliphatic carboxylic acids is 2. The molecule has 0 unspecified atom stereocenters. The van der Waals surface area contributed by atoms with Gasteiger partial charge in [-0.1, -0.05) is 31.2 Å². The molecule has 2 N–H and O–H groups in total. The zero-order chi connectivity index (χ0) is 14.5. The summed E-state index contributed by atoms with van der Waals surface area (Å²) in [6.45, 7) is 1.98. The Bertz CT molecular complexity index is 504. The minimum Gasteiger partial charge on any atom is -0.481 e. The molecule has 0 atom stereocenters.